The Bertz CT molecular complexity index is 545. The molecule has 5 heteroatoms. The van der Waals surface area contributed by atoms with E-state index in [1.165, 1.54) is 6.07 Å². The van der Waals surface area contributed by atoms with Crippen LogP contribution in [0.15, 0.2) is 24.3 Å². The fourth-order valence-electron chi connectivity index (χ4n) is 2.99. The summed E-state index contributed by atoms with van der Waals surface area (Å²) >= 11 is 0. The lowest BCUT2D eigenvalue weighted by Gasteiger charge is -2.30. The van der Waals surface area contributed by atoms with Crippen LogP contribution in [-0.2, 0) is 9.53 Å². The first-order valence-corrected chi connectivity index (χ1v) is 7.51. The maximum absolute atomic E-state index is 14.1. The molecule has 2 atom stereocenters. The Morgan fingerprint density at radius 1 is 1.48 bits per heavy atom. The number of carbonyl (C=O) groups is 1. The Balaban J connectivity index is 1.90. The second-order valence-corrected chi connectivity index (χ2v) is 5.87. The van der Waals surface area contributed by atoms with Gasteiger partial charge in [-0.1, -0.05) is 18.2 Å². The number of halogens is 1. The van der Waals surface area contributed by atoms with Crippen molar-refractivity contribution in [3.05, 3.63) is 35.6 Å². The van der Waals surface area contributed by atoms with Crippen LogP contribution in [-0.4, -0.2) is 35.6 Å². The highest BCUT2D eigenvalue weighted by atomic mass is 19.1. The molecule has 1 N–H and O–H groups in total. The van der Waals surface area contributed by atoms with Gasteiger partial charge in [-0.05, 0) is 32.8 Å². The summed E-state index contributed by atoms with van der Waals surface area (Å²) < 4.78 is 19.6. The Labute approximate surface area is 124 Å². The van der Waals surface area contributed by atoms with E-state index >= 15 is 0 Å². The van der Waals surface area contributed by atoms with Crippen molar-refractivity contribution in [3.8, 4) is 0 Å². The largest absolute Gasteiger partial charge is 0.380 e. The van der Waals surface area contributed by atoms with Crippen LogP contribution in [0, 0.1) is 5.82 Å². The van der Waals surface area contributed by atoms with Crippen LogP contribution in [0.25, 0.3) is 0 Å². The van der Waals surface area contributed by atoms with E-state index in [1.54, 1.807) is 23.1 Å². The highest BCUT2D eigenvalue weighted by Gasteiger charge is 2.60. The van der Waals surface area contributed by atoms with E-state index in [-0.39, 0.29) is 17.8 Å². The van der Waals surface area contributed by atoms with Gasteiger partial charge < -0.3 is 9.64 Å². The molecule has 1 aliphatic carbocycles. The summed E-state index contributed by atoms with van der Waals surface area (Å²) in [6.45, 7) is 4.94. The summed E-state index contributed by atoms with van der Waals surface area (Å²) in [5.41, 5.74) is 0.0610. The third kappa shape index (κ3) is 2.45. The lowest BCUT2D eigenvalue weighted by Crippen LogP contribution is -2.41. The second-order valence-electron chi connectivity index (χ2n) is 5.87. The molecule has 4 nitrogen and oxygen atoms in total. The predicted molar refractivity (Wildman–Crippen MR) is 77.0 cm³/mol. The number of rotatable bonds is 5. The lowest BCUT2D eigenvalue weighted by atomic mass is 10.1. The molecule has 21 heavy (non-hydrogen) atoms. The van der Waals surface area contributed by atoms with Crippen LogP contribution >= 0.6 is 0 Å². The fourth-order valence-corrected chi connectivity index (χ4v) is 2.99. The van der Waals surface area contributed by atoms with Crippen LogP contribution < -0.4 is 5.32 Å². The highest BCUT2D eigenvalue weighted by molar-refractivity contribution is 5.92. The van der Waals surface area contributed by atoms with Crippen LogP contribution in [0.2, 0.25) is 0 Å². The molecule has 1 amide bonds. The van der Waals surface area contributed by atoms with Gasteiger partial charge in [-0.3, -0.25) is 10.1 Å². The summed E-state index contributed by atoms with van der Waals surface area (Å²) in [5.74, 6) is -0.211. The number of hydrogen-bond donors (Lipinski definition) is 1. The van der Waals surface area contributed by atoms with Crippen LogP contribution in [0.4, 0.5) is 4.39 Å². The number of amides is 1. The number of ether oxygens (including phenoxy) is 1. The Kier molecular flexibility index (Phi) is 3.71. The standard InChI is InChI=1S/C16H21FN2O2/c1-3-21-10-11(2)19-14(12-6-4-5-7-13(12)17)18-16(8-9-16)15(19)20/h4-7,11,14,18H,3,8-10H2,1-2H3. The zero-order valence-electron chi connectivity index (χ0n) is 12.4. The normalized spacial score (nSPS) is 24.6. The lowest BCUT2D eigenvalue weighted by molar-refractivity contribution is -0.134. The Morgan fingerprint density at radius 3 is 2.81 bits per heavy atom. The van der Waals surface area contributed by atoms with E-state index in [1.807, 2.05) is 13.8 Å². The SMILES string of the molecule is CCOCC(C)N1C(=O)C2(CC2)NC1c1ccccc1F. The van der Waals surface area contributed by atoms with E-state index in [0.717, 1.165) is 12.8 Å². The van der Waals surface area contributed by atoms with Crippen LogP contribution in [0.1, 0.15) is 38.4 Å². The minimum Gasteiger partial charge on any atom is -0.380 e. The van der Waals surface area contributed by atoms with Crippen LogP contribution in [0.5, 0.6) is 0 Å². The number of nitrogens with zero attached hydrogens (tertiary/aromatic N) is 1. The van der Waals surface area contributed by atoms with E-state index in [4.69, 9.17) is 4.74 Å². The van der Waals surface area contributed by atoms with Gasteiger partial charge in [0.15, 0.2) is 0 Å². The van der Waals surface area contributed by atoms with Crippen LogP contribution in [0.3, 0.4) is 0 Å². The number of carbonyl (C=O) groups excluding carboxylic acids is 1. The van der Waals surface area contributed by atoms with E-state index in [9.17, 15) is 9.18 Å². The van der Waals surface area contributed by atoms with Gasteiger partial charge in [0.25, 0.3) is 0 Å². The molecule has 1 aromatic rings. The summed E-state index contributed by atoms with van der Waals surface area (Å²) in [7, 11) is 0. The molecule has 0 aromatic heterocycles. The molecule has 3 rings (SSSR count). The Hall–Kier alpha value is -1.46. The summed E-state index contributed by atoms with van der Waals surface area (Å²) in [6.07, 6.45) is 1.25. The molecule has 2 fully saturated rings. The molecule has 1 aromatic carbocycles. The fraction of sp³-hybridized carbons (Fsp3) is 0.562. The van der Waals surface area contributed by atoms with Crippen molar-refractivity contribution in [1.29, 1.82) is 0 Å². The number of nitrogens with one attached hydrogen (secondary N) is 1. The van der Waals surface area contributed by atoms with Gasteiger partial charge >= 0.3 is 0 Å². The van der Waals surface area contributed by atoms with Crippen molar-refractivity contribution in [3.63, 3.8) is 0 Å². The molecule has 0 radical (unpaired) electrons. The first-order chi connectivity index (χ1) is 10.1. The van der Waals surface area contributed by atoms with Gasteiger partial charge in [0.05, 0.1) is 12.6 Å². The van der Waals surface area contributed by atoms with Crippen molar-refractivity contribution < 1.29 is 13.9 Å². The average Bonchev–Trinajstić information content (AvgIpc) is 3.19. The molecule has 114 valence electrons. The van der Waals surface area contributed by atoms with Gasteiger partial charge in [0, 0.05) is 12.2 Å². The minimum atomic E-state index is -0.465. The number of hydrogen-bond acceptors (Lipinski definition) is 3. The monoisotopic (exact) mass is 292 g/mol. The minimum absolute atomic E-state index is 0.0722. The number of benzene rings is 1. The summed E-state index contributed by atoms with van der Waals surface area (Å²) in [6, 6.07) is 6.55. The molecular formula is C16H21FN2O2. The van der Waals surface area contributed by atoms with Crippen molar-refractivity contribution in [2.75, 3.05) is 13.2 Å². The third-order valence-corrected chi connectivity index (χ3v) is 4.32. The van der Waals surface area contributed by atoms with E-state index in [2.05, 4.69) is 5.32 Å². The molecule has 2 aliphatic rings. The molecular weight excluding hydrogens is 271 g/mol. The second kappa shape index (κ2) is 5.39. The van der Waals surface area contributed by atoms with E-state index in [0.29, 0.717) is 18.8 Å². The zero-order chi connectivity index (χ0) is 15.0. The molecule has 0 bridgehead atoms. The third-order valence-electron chi connectivity index (χ3n) is 4.32. The molecule has 1 spiro atoms. The maximum atomic E-state index is 14.1. The zero-order valence-corrected chi connectivity index (χ0v) is 12.4. The van der Waals surface area contributed by atoms with Gasteiger partial charge in [0.1, 0.15) is 17.5 Å². The topological polar surface area (TPSA) is 41.6 Å². The van der Waals surface area contributed by atoms with Crippen molar-refractivity contribution >= 4 is 5.91 Å². The first kappa shape index (κ1) is 14.5. The van der Waals surface area contributed by atoms with Gasteiger partial charge in [-0.2, -0.15) is 0 Å². The molecule has 1 saturated carbocycles. The van der Waals surface area contributed by atoms with Gasteiger partial charge in [-0.15, -0.1) is 0 Å². The average molecular weight is 292 g/mol. The van der Waals surface area contributed by atoms with Gasteiger partial charge in [-0.25, -0.2) is 4.39 Å². The molecule has 1 aliphatic heterocycles. The highest BCUT2D eigenvalue weighted by Crippen LogP contribution is 2.46. The molecule has 2 unspecified atom stereocenters. The van der Waals surface area contributed by atoms with Crippen molar-refractivity contribution in [2.24, 2.45) is 0 Å². The molecule has 1 saturated heterocycles. The van der Waals surface area contributed by atoms with E-state index < -0.39 is 11.7 Å². The van der Waals surface area contributed by atoms with Crippen molar-refractivity contribution in [2.45, 2.75) is 44.4 Å². The first-order valence-electron chi connectivity index (χ1n) is 7.51. The smallest absolute Gasteiger partial charge is 0.244 e. The molecule has 1 heterocycles. The Morgan fingerprint density at radius 2 is 2.19 bits per heavy atom. The quantitative estimate of drug-likeness (QED) is 0.904. The van der Waals surface area contributed by atoms with Gasteiger partial charge in [0.2, 0.25) is 5.91 Å². The maximum Gasteiger partial charge on any atom is 0.244 e. The summed E-state index contributed by atoms with van der Waals surface area (Å²) in [4.78, 5) is 14.4. The van der Waals surface area contributed by atoms with Crippen molar-refractivity contribution in [1.82, 2.24) is 10.2 Å². The predicted octanol–water partition coefficient (Wildman–Crippen LogP) is 2.21. The summed E-state index contributed by atoms with van der Waals surface area (Å²) in [5, 5.41) is 3.34.